The fraction of sp³-hybridized carbons (Fsp3) is 0. The van der Waals surface area contributed by atoms with Crippen LogP contribution in [0.5, 0.6) is 0 Å². The normalized spacial score (nSPS) is 9.44. The summed E-state index contributed by atoms with van der Waals surface area (Å²) in [5, 5.41) is 1.96. The van der Waals surface area contributed by atoms with E-state index in [0.29, 0.717) is 0 Å². The van der Waals surface area contributed by atoms with E-state index in [9.17, 15) is 0 Å². The SMILES string of the molecule is C=c1ccc(Br)cc1=C. The molecule has 0 N–H and O–H groups in total. The van der Waals surface area contributed by atoms with E-state index < -0.39 is 0 Å². The fourth-order valence-corrected chi connectivity index (χ4v) is 1.00. The molecule has 0 fully saturated rings. The van der Waals surface area contributed by atoms with Gasteiger partial charge in [0.05, 0.1) is 0 Å². The van der Waals surface area contributed by atoms with Gasteiger partial charge in [-0.1, -0.05) is 35.2 Å². The minimum absolute atomic E-state index is 0.976. The maximum atomic E-state index is 3.79. The number of halogens is 1. The van der Waals surface area contributed by atoms with Crippen molar-refractivity contribution < 1.29 is 0 Å². The average Bonchev–Trinajstić information content (AvgIpc) is 1.80. The third-order valence-corrected chi connectivity index (χ3v) is 1.66. The van der Waals surface area contributed by atoms with Crippen LogP contribution in [0.15, 0.2) is 22.7 Å². The highest BCUT2D eigenvalue weighted by Gasteiger charge is 1.81. The van der Waals surface area contributed by atoms with Gasteiger partial charge in [-0.05, 0) is 22.6 Å². The Morgan fingerprint density at radius 2 is 1.78 bits per heavy atom. The molecule has 0 heterocycles. The van der Waals surface area contributed by atoms with Crippen molar-refractivity contribution in [1.82, 2.24) is 0 Å². The van der Waals surface area contributed by atoms with Gasteiger partial charge in [-0.3, -0.25) is 0 Å². The largest absolute Gasteiger partial charge is 0.0912 e. The van der Waals surface area contributed by atoms with Crippen LogP contribution in [-0.4, -0.2) is 0 Å². The molecular weight excluding hydrogens is 176 g/mol. The van der Waals surface area contributed by atoms with Crippen molar-refractivity contribution in [3.05, 3.63) is 33.1 Å². The van der Waals surface area contributed by atoms with Gasteiger partial charge in [-0.2, -0.15) is 0 Å². The van der Waals surface area contributed by atoms with Crippen molar-refractivity contribution in [3.63, 3.8) is 0 Å². The first kappa shape index (κ1) is 6.56. The first-order valence-electron chi connectivity index (χ1n) is 2.63. The zero-order chi connectivity index (χ0) is 6.85. The Kier molecular flexibility index (Phi) is 1.72. The highest BCUT2D eigenvalue weighted by molar-refractivity contribution is 9.10. The average molecular weight is 183 g/mol. The molecule has 0 aliphatic heterocycles. The van der Waals surface area contributed by atoms with Crippen molar-refractivity contribution in [2.45, 2.75) is 0 Å². The molecular formula is C8H7Br. The summed E-state index contributed by atoms with van der Waals surface area (Å²) in [5.41, 5.74) is 0. The molecule has 9 heavy (non-hydrogen) atoms. The second-order valence-corrected chi connectivity index (χ2v) is 2.83. The number of rotatable bonds is 0. The number of hydrogen-bond donors (Lipinski definition) is 0. The summed E-state index contributed by atoms with van der Waals surface area (Å²) in [6.07, 6.45) is 0. The summed E-state index contributed by atoms with van der Waals surface area (Å²) in [4.78, 5) is 0. The maximum absolute atomic E-state index is 3.79. The van der Waals surface area contributed by atoms with E-state index in [2.05, 4.69) is 29.1 Å². The van der Waals surface area contributed by atoms with E-state index in [1.165, 1.54) is 0 Å². The second-order valence-electron chi connectivity index (χ2n) is 1.91. The van der Waals surface area contributed by atoms with E-state index in [0.717, 1.165) is 14.9 Å². The molecule has 0 saturated heterocycles. The van der Waals surface area contributed by atoms with Gasteiger partial charge >= 0.3 is 0 Å². The Labute approximate surface area is 62.6 Å². The lowest BCUT2D eigenvalue weighted by Crippen LogP contribution is -2.19. The summed E-state index contributed by atoms with van der Waals surface area (Å²) in [6.45, 7) is 7.57. The maximum Gasteiger partial charge on any atom is 0.0181 e. The minimum atomic E-state index is 0.976. The van der Waals surface area contributed by atoms with E-state index in [1.54, 1.807) is 0 Å². The van der Waals surface area contributed by atoms with Crippen LogP contribution in [0, 0.1) is 0 Å². The molecule has 0 bridgehead atoms. The molecule has 1 aromatic carbocycles. The van der Waals surface area contributed by atoms with Crippen molar-refractivity contribution in [2.24, 2.45) is 0 Å². The monoisotopic (exact) mass is 182 g/mol. The molecule has 1 rings (SSSR count). The molecule has 0 unspecified atom stereocenters. The second kappa shape index (κ2) is 2.36. The van der Waals surface area contributed by atoms with Crippen molar-refractivity contribution in [1.29, 1.82) is 0 Å². The quantitative estimate of drug-likeness (QED) is 0.568. The molecule has 0 aliphatic carbocycles. The van der Waals surface area contributed by atoms with E-state index in [4.69, 9.17) is 0 Å². The highest BCUT2D eigenvalue weighted by atomic mass is 79.9. The van der Waals surface area contributed by atoms with Crippen LogP contribution in [0.4, 0.5) is 0 Å². The molecule has 1 heteroatoms. The lowest BCUT2D eigenvalue weighted by molar-refractivity contribution is 1.51. The Bertz CT molecular complexity index is 301. The van der Waals surface area contributed by atoms with E-state index >= 15 is 0 Å². The van der Waals surface area contributed by atoms with Gasteiger partial charge in [0.25, 0.3) is 0 Å². The van der Waals surface area contributed by atoms with Crippen molar-refractivity contribution in [3.8, 4) is 0 Å². The molecule has 0 aromatic heterocycles. The predicted molar refractivity (Wildman–Crippen MR) is 44.4 cm³/mol. The molecule has 0 radical (unpaired) electrons. The standard InChI is InChI=1S/C8H7Br/c1-6-3-4-8(9)5-7(6)2/h3-5H,1-2H2. The topological polar surface area (TPSA) is 0 Å². The van der Waals surface area contributed by atoms with Crippen LogP contribution >= 0.6 is 15.9 Å². The molecule has 0 nitrogen and oxygen atoms in total. The van der Waals surface area contributed by atoms with Gasteiger partial charge in [0.15, 0.2) is 0 Å². The van der Waals surface area contributed by atoms with Crippen LogP contribution in [0.25, 0.3) is 13.2 Å². The Morgan fingerprint density at radius 3 is 2.22 bits per heavy atom. The third kappa shape index (κ3) is 1.42. The summed E-state index contributed by atoms with van der Waals surface area (Å²) in [6, 6.07) is 5.84. The molecule has 1 aromatic rings. The van der Waals surface area contributed by atoms with Crippen LogP contribution in [0.3, 0.4) is 0 Å². The summed E-state index contributed by atoms with van der Waals surface area (Å²) < 4.78 is 1.06. The molecule has 0 saturated carbocycles. The predicted octanol–water partition coefficient (Wildman–Crippen LogP) is 1.27. The fourth-order valence-electron chi connectivity index (χ4n) is 0.594. The smallest absolute Gasteiger partial charge is 0.0181 e. The lowest BCUT2D eigenvalue weighted by atomic mass is 10.3. The van der Waals surface area contributed by atoms with Gasteiger partial charge in [0.1, 0.15) is 0 Å². The zero-order valence-electron chi connectivity index (χ0n) is 5.02. The van der Waals surface area contributed by atoms with E-state index in [-0.39, 0.29) is 0 Å². The molecule has 46 valence electrons. The summed E-state index contributed by atoms with van der Waals surface area (Å²) in [7, 11) is 0. The van der Waals surface area contributed by atoms with Crippen LogP contribution < -0.4 is 10.4 Å². The van der Waals surface area contributed by atoms with Crippen LogP contribution in [0.2, 0.25) is 0 Å². The number of hydrogen-bond acceptors (Lipinski definition) is 0. The molecule has 0 spiro atoms. The van der Waals surface area contributed by atoms with Gasteiger partial charge in [-0.25, -0.2) is 0 Å². The zero-order valence-corrected chi connectivity index (χ0v) is 6.61. The third-order valence-electron chi connectivity index (χ3n) is 1.17. The van der Waals surface area contributed by atoms with Gasteiger partial charge in [-0.15, -0.1) is 0 Å². The summed E-state index contributed by atoms with van der Waals surface area (Å²) in [5.74, 6) is 0. The molecule has 0 atom stereocenters. The number of benzene rings is 1. The van der Waals surface area contributed by atoms with Crippen molar-refractivity contribution in [2.75, 3.05) is 0 Å². The van der Waals surface area contributed by atoms with E-state index in [1.807, 2.05) is 18.2 Å². The molecule has 0 amide bonds. The first-order valence-corrected chi connectivity index (χ1v) is 3.43. The van der Waals surface area contributed by atoms with Crippen LogP contribution in [0.1, 0.15) is 0 Å². The van der Waals surface area contributed by atoms with Gasteiger partial charge in [0, 0.05) is 4.47 Å². The molecule has 0 aliphatic rings. The Balaban J connectivity index is 3.53. The Hall–Kier alpha value is -0.560. The Morgan fingerprint density at radius 1 is 1.11 bits per heavy atom. The van der Waals surface area contributed by atoms with Gasteiger partial charge in [0.2, 0.25) is 0 Å². The lowest BCUT2D eigenvalue weighted by Gasteiger charge is -1.86. The minimum Gasteiger partial charge on any atom is -0.0912 e. The summed E-state index contributed by atoms with van der Waals surface area (Å²) >= 11 is 3.33. The first-order chi connectivity index (χ1) is 4.20. The van der Waals surface area contributed by atoms with Crippen molar-refractivity contribution >= 4 is 29.1 Å². The van der Waals surface area contributed by atoms with Gasteiger partial charge < -0.3 is 0 Å². The van der Waals surface area contributed by atoms with Crippen LogP contribution in [-0.2, 0) is 0 Å². The highest BCUT2D eigenvalue weighted by Crippen LogP contribution is 2.00.